The van der Waals surface area contributed by atoms with E-state index in [0.717, 1.165) is 26.1 Å². The van der Waals surface area contributed by atoms with Crippen molar-refractivity contribution in [3.05, 3.63) is 0 Å². The van der Waals surface area contributed by atoms with Gasteiger partial charge < -0.3 is 4.74 Å². The number of nitrogens with one attached hydrogen (secondary N) is 1. The van der Waals surface area contributed by atoms with Crippen LogP contribution in [-0.2, 0) is 9.53 Å². The molecular weight excluding hydrogens is 156 g/mol. The lowest BCUT2D eigenvalue weighted by atomic mass is 9.97. The second kappa shape index (κ2) is 5.11. The van der Waals surface area contributed by atoms with Crippen LogP contribution in [0.15, 0.2) is 0 Å². The average Bonchev–Trinajstić information content (AvgIpc) is 2.16. The lowest BCUT2D eigenvalue weighted by molar-refractivity contribution is -0.121. The Kier molecular flexibility index (Phi) is 4.04. The van der Waals surface area contributed by atoms with Crippen molar-refractivity contribution in [1.82, 2.24) is 5.43 Å². The topological polar surface area (TPSA) is 64.3 Å². The van der Waals surface area contributed by atoms with Gasteiger partial charge in [-0.3, -0.25) is 10.2 Å². The van der Waals surface area contributed by atoms with Gasteiger partial charge in [-0.25, -0.2) is 5.84 Å². The van der Waals surface area contributed by atoms with E-state index in [-0.39, 0.29) is 5.91 Å². The minimum atomic E-state index is -0.0828. The molecule has 1 saturated heterocycles. The zero-order chi connectivity index (χ0) is 8.81. The number of amides is 1. The fourth-order valence-corrected chi connectivity index (χ4v) is 1.44. The minimum Gasteiger partial charge on any atom is -0.381 e. The zero-order valence-corrected chi connectivity index (χ0v) is 7.21. The molecule has 1 amide bonds. The van der Waals surface area contributed by atoms with Gasteiger partial charge in [-0.2, -0.15) is 0 Å². The summed E-state index contributed by atoms with van der Waals surface area (Å²) < 4.78 is 5.29. The normalized spacial score (nSPS) is 23.6. The molecule has 0 aromatic heterocycles. The SMILES string of the molecule is NNC(=O)CC[C@H]1CCCOC1. The fourth-order valence-electron chi connectivity index (χ4n) is 1.44. The second-order valence-electron chi connectivity index (χ2n) is 3.19. The van der Waals surface area contributed by atoms with Crippen LogP contribution in [0.5, 0.6) is 0 Å². The summed E-state index contributed by atoms with van der Waals surface area (Å²) >= 11 is 0. The van der Waals surface area contributed by atoms with Crippen molar-refractivity contribution < 1.29 is 9.53 Å². The fraction of sp³-hybridized carbons (Fsp3) is 0.875. The molecule has 1 atom stereocenters. The molecular formula is C8H16N2O2. The summed E-state index contributed by atoms with van der Waals surface area (Å²) in [6.45, 7) is 1.68. The third-order valence-corrected chi connectivity index (χ3v) is 2.20. The van der Waals surface area contributed by atoms with Gasteiger partial charge in [0.25, 0.3) is 0 Å². The summed E-state index contributed by atoms with van der Waals surface area (Å²) in [7, 11) is 0. The van der Waals surface area contributed by atoms with Crippen LogP contribution in [0.3, 0.4) is 0 Å². The zero-order valence-electron chi connectivity index (χ0n) is 7.21. The highest BCUT2D eigenvalue weighted by molar-refractivity contribution is 5.75. The molecule has 0 unspecified atom stereocenters. The highest BCUT2D eigenvalue weighted by atomic mass is 16.5. The maximum Gasteiger partial charge on any atom is 0.233 e. The van der Waals surface area contributed by atoms with E-state index < -0.39 is 0 Å². The Labute approximate surface area is 72.4 Å². The van der Waals surface area contributed by atoms with Crippen LogP contribution < -0.4 is 11.3 Å². The molecule has 4 heteroatoms. The lowest BCUT2D eigenvalue weighted by Crippen LogP contribution is -2.30. The summed E-state index contributed by atoms with van der Waals surface area (Å²) in [5.41, 5.74) is 2.12. The van der Waals surface area contributed by atoms with Crippen LogP contribution in [0.2, 0.25) is 0 Å². The maximum atomic E-state index is 10.8. The first kappa shape index (κ1) is 9.48. The Hall–Kier alpha value is -0.610. The van der Waals surface area contributed by atoms with Crippen molar-refractivity contribution in [2.24, 2.45) is 11.8 Å². The van der Waals surface area contributed by atoms with Gasteiger partial charge >= 0.3 is 0 Å². The van der Waals surface area contributed by atoms with Crippen molar-refractivity contribution in [3.8, 4) is 0 Å². The monoisotopic (exact) mass is 172 g/mol. The van der Waals surface area contributed by atoms with E-state index in [4.69, 9.17) is 10.6 Å². The van der Waals surface area contributed by atoms with E-state index in [1.165, 1.54) is 6.42 Å². The molecule has 1 heterocycles. The number of carbonyl (C=O) groups excluding carboxylic acids is 1. The van der Waals surface area contributed by atoms with E-state index in [2.05, 4.69) is 5.43 Å². The van der Waals surface area contributed by atoms with E-state index in [0.29, 0.717) is 12.3 Å². The van der Waals surface area contributed by atoms with Crippen molar-refractivity contribution in [3.63, 3.8) is 0 Å². The van der Waals surface area contributed by atoms with Crippen LogP contribution in [0.25, 0.3) is 0 Å². The van der Waals surface area contributed by atoms with Crippen molar-refractivity contribution >= 4 is 5.91 Å². The largest absolute Gasteiger partial charge is 0.381 e. The van der Waals surface area contributed by atoms with Crippen LogP contribution in [0.4, 0.5) is 0 Å². The Bertz CT molecular complexity index is 144. The Morgan fingerprint density at radius 3 is 3.08 bits per heavy atom. The van der Waals surface area contributed by atoms with Crippen molar-refractivity contribution in [2.75, 3.05) is 13.2 Å². The van der Waals surface area contributed by atoms with Crippen molar-refractivity contribution in [1.29, 1.82) is 0 Å². The highest BCUT2D eigenvalue weighted by Gasteiger charge is 2.14. The van der Waals surface area contributed by atoms with Gasteiger partial charge in [0, 0.05) is 19.6 Å². The molecule has 1 aliphatic heterocycles. The molecule has 1 aliphatic rings. The molecule has 0 bridgehead atoms. The number of rotatable bonds is 3. The van der Waals surface area contributed by atoms with E-state index in [1.54, 1.807) is 0 Å². The first-order chi connectivity index (χ1) is 5.83. The summed E-state index contributed by atoms with van der Waals surface area (Å²) in [5, 5.41) is 0. The van der Waals surface area contributed by atoms with Crippen LogP contribution in [0, 0.1) is 5.92 Å². The Balaban J connectivity index is 2.09. The summed E-state index contributed by atoms with van der Waals surface area (Å²) in [4.78, 5) is 10.8. The molecule has 0 aromatic rings. The van der Waals surface area contributed by atoms with Crippen LogP contribution in [0.1, 0.15) is 25.7 Å². The van der Waals surface area contributed by atoms with Gasteiger partial charge in [-0.1, -0.05) is 0 Å². The van der Waals surface area contributed by atoms with E-state index >= 15 is 0 Å². The van der Waals surface area contributed by atoms with Gasteiger partial charge in [-0.15, -0.1) is 0 Å². The first-order valence-corrected chi connectivity index (χ1v) is 4.40. The maximum absolute atomic E-state index is 10.8. The quantitative estimate of drug-likeness (QED) is 0.362. The predicted molar refractivity (Wildman–Crippen MR) is 45.1 cm³/mol. The molecule has 0 saturated carbocycles. The van der Waals surface area contributed by atoms with Gasteiger partial charge in [0.15, 0.2) is 0 Å². The van der Waals surface area contributed by atoms with E-state index in [9.17, 15) is 4.79 Å². The molecule has 0 radical (unpaired) electrons. The lowest BCUT2D eigenvalue weighted by Gasteiger charge is -2.21. The number of ether oxygens (including phenoxy) is 1. The number of nitrogens with two attached hydrogens (primary N) is 1. The van der Waals surface area contributed by atoms with Gasteiger partial charge in [0.1, 0.15) is 0 Å². The summed E-state index contributed by atoms with van der Waals surface area (Å²) in [6.07, 6.45) is 3.71. The molecule has 0 spiro atoms. The molecule has 0 aliphatic carbocycles. The molecule has 3 N–H and O–H groups in total. The third kappa shape index (κ3) is 3.19. The molecule has 4 nitrogen and oxygen atoms in total. The molecule has 1 rings (SSSR count). The molecule has 70 valence electrons. The van der Waals surface area contributed by atoms with Crippen LogP contribution >= 0.6 is 0 Å². The van der Waals surface area contributed by atoms with Gasteiger partial charge in [0.2, 0.25) is 5.91 Å². The minimum absolute atomic E-state index is 0.0828. The van der Waals surface area contributed by atoms with Crippen molar-refractivity contribution in [2.45, 2.75) is 25.7 Å². The summed E-state index contributed by atoms with van der Waals surface area (Å²) in [6, 6.07) is 0. The van der Waals surface area contributed by atoms with Crippen LogP contribution in [-0.4, -0.2) is 19.1 Å². The second-order valence-corrected chi connectivity index (χ2v) is 3.19. The number of carbonyl (C=O) groups is 1. The number of hydrazine groups is 1. The predicted octanol–water partition coefficient (Wildman–Crippen LogP) is 0.183. The first-order valence-electron chi connectivity index (χ1n) is 4.40. The average molecular weight is 172 g/mol. The third-order valence-electron chi connectivity index (χ3n) is 2.20. The molecule has 1 fully saturated rings. The Morgan fingerprint density at radius 2 is 2.50 bits per heavy atom. The summed E-state index contributed by atoms with van der Waals surface area (Å²) in [5.74, 6) is 5.43. The number of hydrogen-bond acceptors (Lipinski definition) is 3. The highest BCUT2D eigenvalue weighted by Crippen LogP contribution is 2.18. The number of hydrogen-bond donors (Lipinski definition) is 2. The Morgan fingerprint density at radius 1 is 1.67 bits per heavy atom. The molecule has 0 aromatic carbocycles. The van der Waals surface area contributed by atoms with Gasteiger partial charge in [-0.05, 0) is 25.2 Å². The van der Waals surface area contributed by atoms with E-state index in [1.807, 2.05) is 0 Å². The standard InChI is InChI=1S/C8H16N2O2/c9-10-8(11)4-3-7-2-1-5-12-6-7/h7H,1-6,9H2,(H,10,11)/t7-/m1/s1. The molecule has 12 heavy (non-hydrogen) atoms. The smallest absolute Gasteiger partial charge is 0.233 e. The van der Waals surface area contributed by atoms with Gasteiger partial charge in [0.05, 0.1) is 0 Å².